The first-order valence-electron chi connectivity index (χ1n) is 9.90. The van der Waals surface area contributed by atoms with Crippen molar-refractivity contribution in [3.05, 3.63) is 54.1 Å². The van der Waals surface area contributed by atoms with Gasteiger partial charge in [0.05, 0.1) is 11.0 Å². The fourth-order valence-corrected chi connectivity index (χ4v) is 4.85. The van der Waals surface area contributed by atoms with E-state index in [-0.39, 0.29) is 17.9 Å². The van der Waals surface area contributed by atoms with Crippen molar-refractivity contribution in [2.45, 2.75) is 44.6 Å². The molecule has 3 rings (SSSR count). The summed E-state index contributed by atoms with van der Waals surface area (Å²) >= 11 is 0. The van der Waals surface area contributed by atoms with E-state index in [0.29, 0.717) is 42.3 Å². The van der Waals surface area contributed by atoms with Gasteiger partial charge in [0.25, 0.3) is 0 Å². The summed E-state index contributed by atoms with van der Waals surface area (Å²) in [6, 6.07) is 14.2. The first-order valence-corrected chi connectivity index (χ1v) is 11.3. The highest BCUT2D eigenvalue weighted by molar-refractivity contribution is 7.89. The van der Waals surface area contributed by atoms with Gasteiger partial charge in [0, 0.05) is 30.8 Å². The average Bonchev–Trinajstić information content (AvgIpc) is 2.68. The third kappa shape index (κ3) is 5.36. The van der Waals surface area contributed by atoms with Crippen LogP contribution in [0.25, 0.3) is 0 Å². The number of hydrogen-bond donors (Lipinski definition) is 1. The molecule has 0 aliphatic carbocycles. The molecule has 0 radical (unpaired) electrons. The summed E-state index contributed by atoms with van der Waals surface area (Å²) in [4.78, 5) is 12.9. The number of benzene rings is 2. The molecule has 0 unspecified atom stereocenters. The van der Waals surface area contributed by atoms with Crippen molar-refractivity contribution in [2.75, 3.05) is 18.4 Å². The monoisotopic (exact) mass is 416 g/mol. The van der Waals surface area contributed by atoms with Gasteiger partial charge >= 0.3 is 0 Å². The van der Waals surface area contributed by atoms with Gasteiger partial charge in [-0.15, -0.1) is 0 Å². The molecule has 0 bridgehead atoms. The Morgan fingerprint density at radius 2 is 1.76 bits per heavy atom. The van der Waals surface area contributed by atoms with Gasteiger partial charge < -0.3 is 10.1 Å². The zero-order chi connectivity index (χ0) is 21.0. The molecule has 0 spiro atoms. The van der Waals surface area contributed by atoms with Crippen molar-refractivity contribution < 1.29 is 17.9 Å². The van der Waals surface area contributed by atoms with Crippen LogP contribution in [0, 0.1) is 12.8 Å². The van der Waals surface area contributed by atoms with E-state index in [0.717, 1.165) is 5.56 Å². The topological polar surface area (TPSA) is 75.7 Å². The van der Waals surface area contributed by atoms with Crippen LogP contribution in [0.3, 0.4) is 0 Å². The number of anilines is 1. The summed E-state index contributed by atoms with van der Waals surface area (Å²) in [5.74, 6) is 0.407. The second kappa shape index (κ2) is 8.97. The first kappa shape index (κ1) is 21.3. The van der Waals surface area contributed by atoms with Crippen molar-refractivity contribution >= 4 is 21.6 Å². The minimum Gasteiger partial charge on any atom is -0.491 e. The number of nitrogens with zero attached hydrogens (tertiary/aromatic N) is 1. The maximum atomic E-state index is 12.8. The average molecular weight is 417 g/mol. The highest BCUT2D eigenvalue weighted by atomic mass is 32.2. The Bertz CT molecular complexity index is 947. The molecule has 0 aromatic heterocycles. The SMILES string of the molecule is Cc1ccc(S(=O)(=O)N2CCC(C(=O)Nc3cccc(OC(C)C)c3)CC2)cc1. The zero-order valence-electron chi connectivity index (χ0n) is 17.1. The van der Waals surface area contributed by atoms with Crippen LogP contribution in [0.1, 0.15) is 32.3 Å². The van der Waals surface area contributed by atoms with Crippen molar-refractivity contribution in [1.29, 1.82) is 0 Å². The molecule has 1 heterocycles. The van der Waals surface area contributed by atoms with Gasteiger partial charge in [0.2, 0.25) is 15.9 Å². The van der Waals surface area contributed by atoms with Crippen LogP contribution in [0.2, 0.25) is 0 Å². The van der Waals surface area contributed by atoms with Crippen LogP contribution < -0.4 is 10.1 Å². The molecule has 6 nitrogen and oxygen atoms in total. The Balaban J connectivity index is 1.59. The third-order valence-corrected chi connectivity index (χ3v) is 6.87. The number of carbonyl (C=O) groups is 1. The van der Waals surface area contributed by atoms with E-state index in [2.05, 4.69) is 5.32 Å². The molecule has 1 fully saturated rings. The van der Waals surface area contributed by atoms with E-state index in [9.17, 15) is 13.2 Å². The summed E-state index contributed by atoms with van der Waals surface area (Å²) in [5, 5.41) is 2.93. The molecule has 2 aromatic carbocycles. The Kier molecular flexibility index (Phi) is 6.59. The maximum absolute atomic E-state index is 12.8. The molecular formula is C22H28N2O4S. The minimum absolute atomic E-state index is 0.0563. The molecule has 2 aromatic rings. The van der Waals surface area contributed by atoms with Gasteiger partial charge in [-0.25, -0.2) is 8.42 Å². The van der Waals surface area contributed by atoms with Gasteiger partial charge in [-0.05, 0) is 57.9 Å². The van der Waals surface area contributed by atoms with Gasteiger partial charge in [0.1, 0.15) is 5.75 Å². The van der Waals surface area contributed by atoms with E-state index in [1.54, 1.807) is 30.3 Å². The Hall–Kier alpha value is -2.38. The van der Waals surface area contributed by atoms with E-state index < -0.39 is 10.0 Å². The molecular weight excluding hydrogens is 388 g/mol. The predicted octanol–water partition coefficient (Wildman–Crippen LogP) is 3.82. The highest BCUT2D eigenvalue weighted by Gasteiger charge is 2.32. The maximum Gasteiger partial charge on any atom is 0.243 e. The molecule has 7 heteroatoms. The van der Waals surface area contributed by atoms with Crippen LogP contribution in [0.4, 0.5) is 5.69 Å². The second-order valence-corrected chi connectivity index (χ2v) is 9.61. The molecule has 29 heavy (non-hydrogen) atoms. The third-order valence-electron chi connectivity index (χ3n) is 4.96. The Labute approximate surface area is 172 Å². The minimum atomic E-state index is -3.52. The van der Waals surface area contributed by atoms with Gasteiger partial charge in [-0.2, -0.15) is 4.31 Å². The number of sulfonamides is 1. The van der Waals surface area contributed by atoms with E-state index in [1.807, 2.05) is 39.0 Å². The summed E-state index contributed by atoms with van der Waals surface area (Å²) in [6.45, 7) is 6.49. The Morgan fingerprint density at radius 1 is 1.10 bits per heavy atom. The number of hydrogen-bond acceptors (Lipinski definition) is 4. The largest absolute Gasteiger partial charge is 0.491 e. The van der Waals surface area contributed by atoms with Crippen LogP contribution >= 0.6 is 0 Å². The summed E-state index contributed by atoms with van der Waals surface area (Å²) in [7, 11) is -3.52. The van der Waals surface area contributed by atoms with Crippen LogP contribution in [0.5, 0.6) is 5.75 Å². The number of ether oxygens (including phenoxy) is 1. The predicted molar refractivity (Wildman–Crippen MR) is 113 cm³/mol. The van der Waals surface area contributed by atoms with Crippen LogP contribution in [-0.4, -0.2) is 37.8 Å². The first-order chi connectivity index (χ1) is 13.8. The smallest absolute Gasteiger partial charge is 0.243 e. The van der Waals surface area contributed by atoms with Crippen molar-refractivity contribution in [2.24, 2.45) is 5.92 Å². The number of amides is 1. The van der Waals surface area contributed by atoms with Crippen LogP contribution in [0.15, 0.2) is 53.4 Å². The zero-order valence-corrected chi connectivity index (χ0v) is 17.9. The van der Waals surface area contributed by atoms with Gasteiger partial charge in [0.15, 0.2) is 0 Å². The second-order valence-electron chi connectivity index (χ2n) is 7.68. The molecule has 156 valence electrons. The number of piperidine rings is 1. The molecule has 1 aliphatic heterocycles. The molecule has 1 aliphatic rings. The quantitative estimate of drug-likeness (QED) is 0.777. The summed E-state index contributed by atoms with van der Waals surface area (Å²) in [5.41, 5.74) is 1.70. The highest BCUT2D eigenvalue weighted by Crippen LogP contribution is 2.26. The van der Waals surface area contributed by atoms with E-state index in [1.165, 1.54) is 4.31 Å². The Morgan fingerprint density at radius 3 is 2.38 bits per heavy atom. The molecule has 0 saturated carbocycles. The normalized spacial score (nSPS) is 16.0. The molecule has 0 atom stereocenters. The van der Waals surface area contributed by atoms with Gasteiger partial charge in [-0.1, -0.05) is 23.8 Å². The number of rotatable bonds is 6. The lowest BCUT2D eigenvalue weighted by atomic mass is 9.97. The lowest BCUT2D eigenvalue weighted by Crippen LogP contribution is -2.41. The molecule has 1 amide bonds. The molecule has 1 saturated heterocycles. The standard InChI is InChI=1S/C22H28N2O4S/c1-16(2)28-20-6-4-5-19(15-20)23-22(25)18-11-13-24(14-12-18)29(26,27)21-9-7-17(3)8-10-21/h4-10,15-16,18H,11-14H2,1-3H3,(H,23,25). The lowest BCUT2D eigenvalue weighted by Gasteiger charge is -2.30. The van der Waals surface area contributed by atoms with Crippen molar-refractivity contribution in [3.63, 3.8) is 0 Å². The van der Waals surface area contributed by atoms with E-state index in [4.69, 9.17) is 4.74 Å². The van der Waals surface area contributed by atoms with Gasteiger partial charge in [-0.3, -0.25) is 4.79 Å². The fourth-order valence-electron chi connectivity index (χ4n) is 3.38. The van der Waals surface area contributed by atoms with Crippen molar-refractivity contribution in [1.82, 2.24) is 4.31 Å². The number of nitrogens with one attached hydrogen (secondary N) is 1. The van der Waals surface area contributed by atoms with E-state index >= 15 is 0 Å². The summed E-state index contributed by atoms with van der Waals surface area (Å²) in [6.07, 6.45) is 1.05. The number of carbonyl (C=O) groups excluding carboxylic acids is 1. The molecule has 1 N–H and O–H groups in total. The van der Waals surface area contributed by atoms with Crippen molar-refractivity contribution in [3.8, 4) is 5.75 Å². The van der Waals surface area contributed by atoms with Crippen LogP contribution in [-0.2, 0) is 14.8 Å². The lowest BCUT2D eigenvalue weighted by molar-refractivity contribution is -0.120. The number of aryl methyl sites for hydroxylation is 1. The fraction of sp³-hybridized carbons (Fsp3) is 0.409. The summed E-state index contributed by atoms with van der Waals surface area (Å²) < 4.78 is 32.7.